The number of nitrogens with zero attached hydrogens (tertiary/aromatic N) is 1. The number of aromatic nitrogens is 1. The number of Topliss-reactive ketones (excluding diaryl/α,β-unsaturated/α-hetero) is 1. The lowest BCUT2D eigenvalue weighted by molar-refractivity contribution is -0.112. The normalized spacial score (nSPS) is 18.7. The first kappa shape index (κ1) is 17.9. The van der Waals surface area contributed by atoms with Gasteiger partial charge in [-0.15, -0.1) is 0 Å². The van der Waals surface area contributed by atoms with Crippen LogP contribution in [0.5, 0.6) is 5.88 Å². The lowest BCUT2D eigenvalue weighted by atomic mass is 9.93. The lowest BCUT2D eigenvalue weighted by Gasteiger charge is -2.22. The predicted octanol–water partition coefficient (Wildman–Crippen LogP) is 4.95. The van der Waals surface area contributed by atoms with Gasteiger partial charge in [-0.2, -0.15) is 0 Å². The zero-order valence-electron chi connectivity index (χ0n) is 17.1. The highest BCUT2D eigenvalue weighted by Crippen LogP contribution is 2.40. The molecule has 0 unspecified atom stereocenters. The van der Waals surface area contributed by atoms with E-state index >= 15 is 0 Å². The van der Waals surface area contributed by atoms with E-state index in [0.29, 0.717) is 18.9 Å². The van der Waals surface area contributed by atoms with Crippen LogP contribution in [0.4, 0.5) is 5.69 Å². The number of ether oxygens (including phenoxy) is 1. The highest BCUT2D eigenvalue weighted by atomic mass is 16.5. The predicted molar refractivity (Wildman–Crippen MR) is 116 cm³/mol. The molecule has 0 amide bonds. The molecule has 0 radical (unpaired) electrons. The van der Waals surface area contributed by atoms with Crippen LogP contribution in [-0.4, -0.2) is 23.9 Å². The van der Waals surface area contributed by atoms with Crippen LogP contribution in [0.2, 0.25) is 0 Å². The van der Waals surface area contributed by atoms with Crippen molar-refractivity contribution in [3.8, 4) is 17.0 Å². The first-order valence-electron chi connectivity index (χ1n) is 10.1. The maximum Gasteiger partial charge on any atom is 0.237 e. The summed E-state index contributed by atoms with van der Waals surface area (Å²) in [5.41, 5.74) is 10.9. The minimum Gasteiger partial charge on any atom is -0.474 e. The van der Waals surface area contributed by atoms with E-state index in [-0.39, 0.29) is 5.78 Å². The third kappa shape index (κ3) is 3.00. The summed E-state index contributed by atoms with van der Waals surface area (Å²) in [6.45, 7) is 7.71. The van der Waals surface area contributed by atoms with Gasteiger partial charge in [0, 0.05) is 30.3 Å². The van der Waals surface area contributed by atoms with Gasteiger partial charge in [0.15, 0.2) is 5.78 Å². The van der Waals surface area contributed by atoms with Gasteiger partial charge >= 0.3 is 0 Å². The van der Waals surface area contributed by atoms with Gasteiger partial charge in [-0.25, -0.2) is 4.98 Å². The number of ketones is 1. The van der Waals surface area contributed by atoms with E-state index < -0.39 is 0 Å². The average molecular weight is 384 g/mol. The van der Waals surface area contributed by atoms with Crippen molar-refractivity contribution in [2.45, 2.75) is 33.6 Å². The van der Waals surface area contributed by atoms with Gasteiger partial charge in [-0.05, 0) is 72.7 Å². The monoisotopic (exact) mass is 384 g/mol. The Kier molecular flexibility index (Phi) is 4.16. The van der Waals surface area contributed by atoms with E-state index in [1.165, 1.54) is 11.1 Å². The van der Waals surface area contributed by atoms with Crippen LogP contribution in [0.1, 0.15) is 35.6 Å². The molecule has 0 bridgehead atoms. The minimum atomic E-state index is 0.209. The van der Waals surface area contributed by atoms with Gasteiger partial charge in [0.2, 0.25) is 5.88 Å². The minimum absolute atomic E-state index is 0.209. The lowest BCUT2D eigenvalue weighted by Crippen LogP contribution is -2.20. The van der Waals surface area contributed by atoms with Crippen LogP contribution in [0.25, 0.3) is 16.7 Å². The molecule has 2 heterocycles. The van der Waals surface area contributed by atoms with Crippen LogP contribution in [-0.2, 0) is 11.2 Å². The Bertz CT molecular complexity index is 1150. The fourth-order valence-corrected chi connectivity index (χ4v) is 4.50. The number of carbonyl (C=O) groups is 1. The van der Waals surface area contributed by atoms with Crippen molar-refractivity contribution in [1.82, 2.24) is 4.98 Å². The number of rotatable bonds is 2. The molecule has 0 spiro atoms. The highest BCUT2D eigenvalue weighted by Gasteiger charge is 2.28. The van der Waals surface area contributed by atoms with Crippen molar-refractivity contribution in [2.75, 3.05) is 18.5 Å². The Morgan fingerprint density at radius 2 is 2.03 bits per heavy atom. The second-order valence-electron chi connectivity index (χ2n) is 8.10. The summed E-state index contributed by atoms with van der Waals surface area (Å²) in [7, 11) is 0. The maximum atomic E-state index is 12.8. The summed E-state index contributed by atoms with van der Waals surface area (Å²) in [5.74, 6) is 0.878. The van der Waals surface area contributed by atoms with Gasteiger partial charge in [0.25, 0.3) is 0 Å². The summed E-state index contributed by atoms with van der Waals surface area (Å²) < 4.78 is 5.67. The summed E-state index contributed by atoms with van der Waals surface area (Å²) in [4.78, 5) is 17.3. The molecule has 146 valence electrons. The van der Waals surface area contributed by atoms with Gasteiger partial charge in [0.1, 0.15) is 12.3 Å². The van der Waals surface area contributed by atoms with E-state index in [0.717, 1.165) is 57.6 Å². The number of pyridine rings is 1. The van der Waals surface area contributed by atoms with Gasteiger partial charge in [-0.1, -0.05) is 23.8 Å². The zero-order valence-corrected chi connectivity index (χ0v) is 17.1. The second-order valence-corrected chi connectivity index (χ2v) is 8.10. The van der Waals surface area contributed by atoms with E-state index in [1.54, 1.807) is 0 Å². The van der Waals surface area contributed by atoms with Gasteiger partial charge < -0.3 is 10.1 Å². The molecule has 1 aromatic heterocycles. The third-order valence-corrected chi connectivity index (χ3v) is 6.06. The van der Waals surface area contributed by atoms with Crippen LogP contribution >= 0.6 is 0 Å². The Hall–Kier alpha value is -3.14. The number of nitrogens with one attached hydrogen (secondary N) is 1. The first-order valence-corrected chi connectivity index (χ1v) is 10.1. The van der Waals surface area contributed by atoms with Gasteiger partial charge in [0.05, 0.1) is 0 Å². The van der Waals surface area contributed by atoms with Crippen LogP contribution in [0.15, 0.2) is 47.7 Å². The quantitative estimate of drug-likeness (QED) is 0.744. The molecule has 0 saturated heterocycles. The number of hydrogen-bond acceptors (Lipinski definition) is 4. The molecule has 0 saturated carbocycles. The number of carbonyl (C=O) groups excluding carboxylic acids is 1. The summed E-state index contributed by atoms with van der Waals surface area (Å²) in [6, 6.07) is 4.34. The van der Waals surface area contributed by atoms with Crippen molar-refractivity contribution in [3.63, 3.8) is 0 Å². The number of anilines is 1. The molecule has 5 rings (SSSR count). The largest absolute Gasteiger partial charge is 0.474 e. The average Bonchev–Trinajstić information content (AvgIpc) is 3.26. The number of aryl methyl sites for hydroxylation is 1. The zero-order chi connectivity index (χ0) is 20.1. The molecule has 1 aliphatic heterocycles. The molecule has 0 fully saturated rings. The van der Waals surface area contributed by atoms with Crippen molar-refractivity contribution in [1.29, 1.82) is 0 Å². The fourth-order valence-electron chi connectivity index (χ4n) is 4.50. The number of fused-ring (bicyclic) bond motifs is 2. The summed E-state index contributed by atoms with van der Waals surface area (Å²) in [5, 5.41) is 3.41. The highest BCUT2D eigenvalue weighted by molar-refractivity contribution is 6.26. The molecule has 4 nitrogen and oxygen atoms in total. The number of hydrogen-bond donors (Lipinski definition) is 1. The number of allylic oxidation sites excluding steroid dienone is 6. The summed E-state index contributed by atoms with van der Waals surface area (Å²) >= 11 is 0. The molecular formula is C25H24N2O2. The van der Waals surface area contributed by atoms with E-state index in [2.05, 4.69) is 61.4 Å². The third-order valence-electron chi connectivity index (χ3n) is 6.06. The Labute approximate surface area is 171 Å². The maximum absolute atomic E-state index is 12.8. The van der Waals surface area contributed by atoms with Crippen LogP contribution < -0.4 is 10.1 Å². The van der Waals surface area contributed by atoms with Crippen molar-refractivity contribution in [2.24, 2.45) is 0 Å². The molecule has 0 atom stereocenters. The van der Waals surface area contributed by atoms with E-state index in [4.69, 9.17) is 4.74 Å². The van der Waals surface area contributed by atoms with Gasteiger partial charge in [-0.3, -0.25) is 4.79 Å². The van der Waals surface area contributed by atoms with Crippen molar-refractivity contribution in [3.05, 3.63) is 70.0 Å². The Morgan fingerprint density at radius 3 is 2.83 bits per heavy atom. The summed E-state index contributed by atoms with van der Waals surface area (Å²) in [6.07, 6.45) is 9.72. The fraction of sp³-hybridized carbons (Fsp3) is 0.280. The van der Waals surface area contributed by atoms with Crippen molar-refractivity contribution < 1.29 is 9.53 Å². The molecule has 1 aromatic carbocycles. The SMILES string of the molecule is CC1=CCC(/C=C2\C(=O)Cc3c(C)cc(-c4cnc5c(c4C)NCCO5)cc32)=C1. The van der Waals surface area contributed by atoms with Crippen molar-refractivity contribution >= 4 is 17.0 Å². The molecule has 4 heteroatoms. The second kappa shape index (κ2) is 6.73. The molecule has 2 aliphatic carbocycles. The molecular weight excluding hydrogens is 360 g/mol. The first-order chi connectivity index (χ1) is 14.0. The topological polar surface area (TPSA) is 51.2 Å². The van der Waals surface area contributed by atoms with Crippen LogP contribution in [0, 0.1) is 13.8 Å². The Morgan fingerprint density at radius 1 is 1.17 bits per heavy atom. The molecule has 3 aliphatic rings. The molecule has 1 N–H and O–H groups in total. The molecule has 29 heavy (non-hydrogen) atoms. The van der Waals surface area contributed by atoms with E-state index in [1.807, 2.05) is 6.20 Å². The van der Waals surface area contributed by atoms with E-state index in [9.17, 15) is 4.79 Å². The standard InChI is InChI=1S/C25H24N2O2/c1-14-4-5-17(8-14)10-21-20-11-18(9-15(2)19(20)12-23(21)28)22-13-27-25-24(16(22)3)26-6-7-29-25/h4,8-11,13,26H,5-7,12H2,1-3H3/b21-10-. The van der Waals surface area contributed by atoms with Crippen LogP contribution in [0.3, 0.4) is 0 Å². The number of benzene rings is 1. The Balaban J connectivity index is 1.62. The molecule has 2 aromatic rings. The smallest absolute Gasteiger partial charge is 0.237 e.